The molecule has 3 nitrogen and oxygen atoms in total. The van der Waals surface area contributed by atoms with Crippen LogP contribution in [0.5, 0.6) is 0 Å². The minimum absolute atomic E-state index is 0.145. The van der Waals surface area contributed by atoms with E-state index in [4.69, 9.17) is 9.68 Å². The first kappa shape index (κ1) is 12.4. The third-order valence-electron chi connectivity index (χ3n) is 2.82. The van der Waals surface area contributed by atoms with Crippen molar-refractivity contribution in [2.24, 2.45) is 0 Å². The van der Waals surface area contributed by atoms with Crippen LogP contribution < -0.4 is 0 Å². The van der Waals surface area contributed by atoms with E-state index in [9.17, 15) is 0 Å². The van der Waals surface area contributed by atoms with Gasteiger partial charge in [0.25, 0.3) is 0 Å². The van der Waals surface area contributed by atoms with Gasteiger partial charge in [-0.2, -0.15) is 5.26 Å². The number of oxazole rings is 1. The quantitative estimate of drug-likeness (QED) is 0.804. The molecule has 0 unspecified atom stereocenters. The highest BCUT2D eigenvalue weighted by atomic mass is 16.4. The van der Waals surface area contributed by atoms with E-state index >= 15 is 0 Å². The van der Waals surface area contributed by atoms with Crippen molar-refractivity contribution in [3.8, 4) is 17.4 Å². The molecule has 0 saturated heterocycles. The predicted octanol–water partition coefficient (Wildman–Crippen LogP) is 3.71. The van der Waals surface area contributed by atoms with Crippen molar-refractivity contribution in [3.05, 3.63) is 41.9 Å². The van der Waals surface area contributed by atoms with Crippen LogP contribution in [0.3, 0.4) is 0 Å². The van der Waals surface area contributed by atoms with Gasteiger partial charge in [0, 0.05) is 5.56 Å². The Morgan fingerprint density at radius 1 is 1.22 bits per heavy atom. The zero-order valence-electron chi connectivity index (χ0n) is 10.9. The number of hydrogen-bond acceptors (Lipinski definition) is 3. The average molecular weight is 240 g/mol. The van der Waals surface area contributed by atoms with E-state index in [0.29, 0.717) is 11.7 Å². The van der Waals surface area contributed by atoms with E-state index in [1.807, 2.05) is 18.2 Å². The summed E-state index contributed by atoms with van der Waals surface area (Å²) in [6, 6.07) is 10.3. The summed E-state index contributed by atoms with van der Waals surface area (Å²) in [6.45, 7) is 6.55. The summed E-state index contributed by atoms with van der Waals surface area (Å²) < 4.78 is 5.50. The highest BCUT2D eigenvalue weighted by Gasteiger charge is 2.13. The minimum Gasteiger partial charge on any atom is -0.440 e. The van der Waals surface area contributed by atoms with Crippen molar-refractivity contribution in [2.75, 3.05) is 0 Å². The molecule has 1 aromatic carbocycles. The molecular formula is C15H16N2O. The van der Waals surface area contributed by atoms with Crippen molar-refractivity contribution in [2.45, 2.75) is 32.6 Å². The Morgan fingerprint density at radius 2 is 1.89 bits per heavy atom. The number of aromatic nitrogens is 1. The predicted molar refractivity (Wildman–Crippen MR) is 70.0 cm³/mol. The van der Waals surface area contributed by atoms with Crippen LogP contribution >= 0.6 is 0 Å². The Labute approximate surface area is 107 Å². The Kier molecular flexibility index (Phi) is 3.20. The fourth-order valence-corrected chi connectivity index (χ4v) is 1.73. The van der Waals surface area contributed by atoms with Gasteiger partial charge in [0.2, 0.25) is 5.89 Å². The second-order valence-corrected chi connectivity index (χ2v) is 5.28. The highest BCUT2D eigenvalue weighted by Crippen LogP contribution is 2.26. The Bertz CT molecular complexity index is 568. The third kappa shape index (κ3) is 2.60. The molecule has 0 aliphatic rings. The van der Waals surface area contributed by atoms with Gasteiger partial charge < -0.3 is 4.42 Å². The maximum Gasteiger partial charge on any atom is 0.209 e. The summed E-state index contributed by atoms with van der Waals surface area (Å²) in [5.74, 6) is 1.17. The minimum atomic E-state index is 0.145. The van der Waals surface area contributed by atoms with Crippen molar-refractivity contribution >= 4 is 0 Å². The van der Waals surface area contributed by atoms with Gasteiger partial charge in [0.05, 0.1) is 12.3 Å². The second-order valence-electron chi connectivity index (χ2n) is 5.28. The lowest BCUT2D eigenvalue weighted by Gasteiger charge is -2.18. The molecule has 1 aromatic heterocycles. The lowest BCUT2D eigenvalue weighted by atomic mass is 9.86. The topological polar surface area (TPSA) is 49.8 Å². The van der Waals surface area contributed by atoms with Gasteiger partial charge in [-0.05, 0) is 11.0 Å². The normalized spacial score (nSPS) is 11.2. The molecule has 0 amide bonds. The molecule has 92 valence electrons. The molecule has 18 heavy (non-hydrogen) atoms. The molecule has 0 radical (unpaired) electrons. The van der Waals surface area contributed by atoms with Crippen LogP contribution in [0.1, 0.15) is 32.2 Å². The fourth-order valence-electron chi connectivity index (χ4n) is 1.73. The molecule has 3 heteroatoms. The lowest BCUT2D eigenvalue weighted by Crippen LogP contribution is -2.10. The number of nitriles is 1. The van der Waals surface area contributed by atoms with E-state index in [1.54, 1.807) is 6.20 Å². The number of hydrogen-bond donors (Lipinski definition) is 0. The molecule has 0 saturated carbocycles. The molecule has 0 bridgehead atoms. The second kappa shape index (κ2) is 4.66. The molecule has 1 heterocycles. The van der Waals surface area contributed by atoms with Crippen LogP contribution in [0.15, 0.2) is 34.9 Å². The first-order valence-corrected chi connectivity index (χ1v) is 5.93. The van der Waals surface area contributed by atoms with Gasteiger partial charge in [0.1, 0.15) is 6.42 Å². The first-order chi connectivity index (χ1) is 8.50. The number of rotatable bonds is 2. The molecule has 0 spiro atoms. The third-order valence-corrected chi connectivity index (χ3v) is 2.82. The van der Waals surface area contributed by atoms with E-state index in [0.717, 1.165) is 5.56 Å². The fraction of sp³-hybridized carbons (Fsp3) is 0.333. The van der Waals surface area contributed by atoms with Gasteiger partial charge in [-0.25, -0.2) is 4.98 Å². The highest BCUT2D eigenvalue weighted by molar-refractivity contribution is 5.57. The van der Waals surface area contributed by atoms with Crippen LogP contribution in [0.2, 0.25) is 0 Å². The monoisotopic (exact) mass is 240 g/mol. The SMILES string of the molecule is CC(C)(C)c1ccc(-c2cnc(CC#N)o2)cc1. The van der Waals surface area contributed by atoms with E-state index < -0.39 is 0 Å². The summed E-state index contributed by atoms with van der Waals surface area (Å²) in [7, 11) is 0. The molecule has 0 aliphatic carbocycles. The molecule has 2 rings (SSSR count). The van der Waals surface area contributed by atoms with Crippen LogP contribution in [0.25, 0.3) is 11.3 Å². The van der Waals surface area contributed by atoms with Crippen LogP contribution in [0, 0.1) is 11.3 Å². The summed E-state index contributed by atoms with van der Waals surface area (Å²) in [4.78, 5) is 4.06. The Hall–Kier alpha value is -2.08. The smallest absolute Gasteiger partial charge is 0.209 e. The van der Waals surface area contributed by atoms with Crippen molar-refractivity contribution in [3.63, 3.8) is 0 Å². The van der Waals surface area contributed by atoms with Crippen molar-refractivity contribution in [1.29, 1.82) is 5.26 Å². The zero-order valence-corrected chi connectivity index (χ0v) is 10.9. The van der Waals surface area contributed by atoms with Gasteiger partial charge in [0.15, 0.2) is 5.76 Å². The summed E-state index contributed by atoms with van der Waals surface area (Å²) in [5.41, 5.74) is 2.41. The zero-order chi connectivity index (χ0) is 13.2. The summed E-state index contributed by atoms with van der Waals surface area (Å²) in [5, 5.41) is 8.58. The van der Waals surface area contributed by atoms with E-state index in [-0.39, 0.29) is 11.8 Å². The lowest BCUT2D eigenvalue weighted by molar-refractivity contribution is 0.523. The van der Waals surface area contributed by atoms with Crippen LogP contribution in [-0.4, -0.2) is 4.98 Å². The largest absolute Gasteiger partial charge is 0.440 e. The molecule has 0 atom stereocenters. The van der Waals surface area contributed by atoms with Crippen molar-refractivity contribution < 1.29 is 4.42 Å². The van der Waals surface area contributed by atoms with Crippen LogP contribution in [0.4, 0.5) is 0 Å². The average Bonchev–Trinajstić information content (AvgIpc) is 2.77. The Balaban J connectivity index is 2.26. The molecule has 0 aliphatic heterocycles. The van der Waals surface area contributed by atoms with Crippen LogP contribution in [-0.2, 0) is 11.8 Å². The maximum absolute atomic E-state index is 8.58. The van der Waals surface area contributed by atoms with Gasteiger partial charge in [-0.1, -0.05) is 45.0 Å². The standard InChI is InChI=1S/C15H16N2O/c1-15(2,3)12-6-4-11(5-7-12)13-10-17-14(18-13)8-9-16/h4-7,10H,8H2,1-3H3. The Morgan fingerprint density at radius 3 is 2.44 bits per heavy atom. The molecule has 0 fully saturated rings. The molecule has 2 aromatic rings. The number of benzene rings is 1. The van der Waals surface area contributed by atoms with E-state index in [1.165, 1.54) is 5.56 Å². The maximum atomic E-state index is 8.58. The summed E-state index contributed by atoms with van der Waals surface area (Å²) in [6.07, 6.45) is 1.87. The molecular weight excluding hydrogens is 224 g/mol. The van der Waals surface area contributed by atoms with Crippen molar-refractivity contribution in [1.82, 2.24) is 4.98 Å². The van der Waals surface area contributed by atoms with E-state index in [2.05, 4.69) is 37.9 Å². The van der Waals surface area contributed by atoms with Gasteiger partial charge >= 0.3 is 0 Å². The summed E-state index contributed by atoms with van der Waals surface area (Å²) >= 11 is 0. The first-order valence-electron chi connectivity index (χ1n) is 5.93. The number of nitrogens with zero attached hydrogens (tertiary/aromatic N) is 2. The van der Waals surface area contributed by atoms with Gasteiger partial charge in [-0.3, -0.25) is 0 Å². The van der Waals surface area contributed by atoms with Gasteiger partial charge in [-0.15, -0.1) is 0 Å². The molecule has 0 N–H and O–H groups in total.